The van der Waals surface area contributed by atoms with E-state index in [-0.39, 0.29) is 17.3 Å². The van der Waals surface area contributed by atoms with Gasteiger partial charge in [0.1, 0.15) is 0 Å². The summed E-state index contributed by atoms with van der Waals surface area (Å²) in [4.78, 5) is 11.9. The van der Waals surface area contributed by atoms with Crippen molar-refractivity contribution in [1.82, 2.24) is 5.32 Å². The minimum absolute atomic E-state index is 0.0283. The minimum atomic E-state index is -0.511. The summed E-state index contributed by atoms with van der Waals surface area (Å²) in [7, 11) is 0. The van der Waals surface area contributed by atoms with Gasteiger partial charge in [0.2, 0.25) is 5.91 Å². The Labute approximate surface area is 89.6 Å². The summed E-state index contributed by atoms with van der Waals surface area (Å²) in [6.07, 6.45) is 2.04. The van der Waals surface area contributed by atoms with Crippen LogP contribution in [0.4, 0.5) is 0 Å². The first-order valence-electron chi connectivity index (χ1n) is 4.97. The maximum Gasteiger partial charge on any atom is 0.236 e. The van der Waals surface area contributed by atoms with Crippen molar-refractivity contribution in [2.75, 3.05) is 12.4 Å². The number of nitrogens with one attached hydrogen (secondary N) is 1. The van der Waals surface area contributed by atoms with Gasteiger partial charge < -0.3 is 10.4 Å². The third-order valence-electron chi connectivity index (χ3n) is 2.55. The highest BCUT2D eigenvalue weighted by Gasteiger charge is 2.39. The summed E-state index contributed by atoms with van der Waals surface area (Å²) in [6.45, 7) is 5.61. The van der Waals surface area contributed by atoms with Crippen LogP contribution in [0, 0.1) is 0 Å². The lowest BCUT2D eigenvalue weighted by Gasteiger charge is -2.29. The quantitative estimate of drug-likeness (QED) is 0.746. The van der Waals surface area contributed by atoms with Crippen molar-refractivity contribution in [2.24, 2.45) is 0 Å². The van der Waals surface area contributed by atoms with Crippen LogP contribution < -0.4 is 5.32 Å². The Morgan fingerprint density at radius 2 is 2.29 bits per heavy atom. The molecule has 0 aliphatic carbocycles. The number of carbonyl (C=O) groups excluding carboxylic acids is 1. The topological polar surface area (TPSA) is 49.3 Å². The monoisotopic (exact) mass is 217 g/mol. The Hall–Kier alpha value is -0.220. The molecule has 1 aliphatic heterocycles. The maximum atomic E-state index is 11.9. The van der Waals surface area contributed by atoms with Gasteiger partial charge in [-0.1, -0.05) is 0 Å². The second-order valence-electron chi connectivity index (χ2n) is 4.68. The van der Waals surface area contributed by atoms with Gasteiger partial charge in [-0.3, -0.25) is 4.79 Å². The van der Waals surface area contributed by atoms with Gasteiger partial charge in [-0.25, -0.2) is 0 Å². The molecule has 82 valence electrons. The van der Waals surface area contributed by atoms with Gasteiger partial charge in [-0.2, -0.15) is 0 Å². The molecule has 1 rings (SSSR count). The minimum Gasteiger partial charge on any atom is -0.394 e. The van der Waals surface area contributed by atoms with Gasteiger partial charge >= 0.3 is 0 Å². The Morgan fingerprint density at radius 3 is 2.71 bits per heavy atom. The molecule has 3 nitrogen and oxygen atoms in total. The van der Waals surface area contributed by atoms with Gasteiger partial charge in [0, 0.05) is 0 Å². The molecule has 0 aromatic carbocycles. The van der Waals surface area contributed by atoms with Crippen molar-refractivity contribution in [3.05, 3.63) is 0 Å². The van der Waals surface area contributed by atoms with Crippen molar-refractivity contribution in [3.63, 3.8) is 0 Å². The first-order valence-corrected chi connectivity index (χ1v) is 5.96. The molecule has 1 aliphatic rings. The molecular weight excluding hydrogens is 198 g/mol. The van der Waals surface area contributed by atoms with Crippen LogP contribution in [0.5, 0.6) is 0 Å². The highest BCUT2D eigenvalue weighted by Crippen LogP contribution is 2.38. The van der Waals surface area contributed by atoms with Crippen molar-refractivity contribution < 1.29 is 9.90 Å². The molecule has 0 radical (unpaired) electrons. The lowest BCUT2D eigenvalue weighted by molar-refractivity contribution is -0.125. The van der Waals surface area contributed by atoms with Crippen LogP contribution in [0.3, 0.4) is 0 Å². The number of rotatable bonds is 3. The fourth-order valence-corrected chi connectivity index (χ4v) is 2.65. The van der Waals surface area contributed by atoms with E-state index in [0.717, 1.165) is 18.6 Å². The van der Waals surface area contributed by atoms with Crippen LogP contribution in [-0.4, -0.2) is 33.7 Å². The number of aliphatic hydroxyl groups is 1. The standard InChI is InChI=1S/C10H19NO2S/c1-9(2,7-12)11-8(13)10(3)5-4-6-14-10/h12H,4-7H2,1-3H3,(H,11,13). The molecule has 0 spiro atoms. The highest BCUT2D eigenvalue weighted by molar-refractivity contribution is 8.01. The number of amides is 1. The molecule has 1 saturated heterocycles. The predicted molar refractivity (Wildman–Crippen MR) is 59.4 cm³/mol. The van der Waals surface area contributed by atoms with Crippen molar-refractivity contribution in [2.45, 2.75) is 43.9 Å². The van der Waals surface area contributed by atoms with E-state index in [2.05, 4.69) is 5.32 Å². The Balaban J connectivity index is 2.57. The van der Waals surface area contributed by atoms with Crippen LogP contribution in [-0.2, 0) is 4.79 Å². The molecule has 0 saturated carbocycles. The number of carbonyl (C=O) groups is 1. The Kier molecular flexibility index (Phi) is 3.48. The highest BCUT2D eigenvalue weighted by atomic mass is 32.2. The summed E-state index contributed by atoms with van der Waals surface area (Å²) in [5.74, 6) is 1.11. The van der Waals surface area contributed by atoms with Crippen LogP contribution in [0.2, 0.25) is 0 Å². The number of hydrogen-bond donors (Lipinski definition) is 2. The molecule has 2 N–H and O–H groups in total. The summed E-state index contributed by atoms with van der Waals surface area (Å²) in [5, 5.41) is 11.9. The van der Waals surface area contributed by atoms with Crippen LogP contribution in [0.1, 0.15) is 33.6 Å². The van der Waals surface area contributed by atoms with E-state index < -0.39 is 5.54 Å². The van der Waals surface area contributed by atoms with Gasteiger partial charge in [-0.05, 0) is 39.4 Å². The first kappa shape index (κ1) is 11.9. The summed E-state index contributed by atoms with van der Waals surface area (Å²) in [6, 6.07) is 0. The Morgan fingerprint density at radius 1 is 1.64 bits per heavy atom. The fourth-order valence-electron chi connectivity index (χ4n) is 1.44. The van der Waals surface area contributed by atoms with E-state index in [1.807, 2.05) is 20.8 Å². The molecule has 1 heterocycles. The zero-order valence-electron chi connectivity index (χ0n) is 9.09. The number of thioether (sulfide) groups is 1. The molecule has 0 bridgehead atoms. The van der Waals surface area contributed by atoms with E-state index >= 15 is 0 Å². The van der Waals surface area contributed by atoms with Crippen LogP contribution >= 0.6 is 11.8 Å². The van der Waals surface area contributed by atoms with Gasteiger partial charge in [-0.15, -0.1) is 11.8 Å². The predicted octanol–water partition coefficient (Wildman–Crippen LogP) is 1.16. The van der Waals surface area contributed by atoms with E-state index in [9.17, 15) is 4.79 Å². The van der Waals surface area contributed by atoms with E-state index in [4.69, 9.17) is 5.11 Å². The van der Waals surface area contributed by atoms with Crippen molar-refractivity contribution >= 4 is 17.7 Å². The molecule has 4 heteroatoms. The number of aliphatic hydroxyl groups excluding tert-OH is 1. The molecule has 1 fully saturated rings. The van der Waals surface area contributed by atoms with E-state index in [1.54, 1.807) is 11.8 Å². The van der Waals surface area contributed by atoms with Gasteiger partial charge in [0.15, 0.2) is 0 Å². The second kappa shape index (κ2) is 4.11. The Bertz CT molecular complexity index is 222. The molecule has 0 aromatic rings. The van der Waals surface area contributed by atoms with Crippen molar-refractivity contribution in [1.29, 1.82) is 0 Å². The molecule has 1 atom stereocenters. The lowest BCUT2D eigenvalue weighted by Crippen LogP contribution is -2.52. The number of hydrogen-bond acceptors (Lipinski definition) is 3. The normalized spacial score (nSPS) is 27.7. The second-order valence-corrected chi connectivity index (χ2v) is 6.28. The van der Waals surface area contributed by atoms with Crippen molar-refractivity contribution in [3.8, 4) is 0 Å². The fraction of sp³-hybridized carbons (Fsp3) is 0.900. The van der Waals surface area contributed by atoms with Gasteiger partial charge in [0.25, 0.3) is 0 Å². The molecule has 14 heavy (non-hydrogen) atoms. The third-order valence-corrected chi connectivity index (χ3v) is 4.07. The zero-order valence-corrected chi connectivity index (χ0v) is 9.91. The molecule has 0 aromatic heterocycles. The average Bonchev–Trinajstić information content (AvgIpc) is 2.53. The average molecular weight is 217 g/mol. The SMILES string of the molecule is CC(C)(CO)NC(=O)C1(C)CCCS1. The summed E-state index contributed by atoms with van der Waals surface area (Å²) >= 11 is 1.71. The van der Waals surface area contributed by atoms with Crippen LogP contribution in [0.15, 0.2) is 0 Å². The van der Waals surface area contributed by atoms with E-state index in [0.29, 0.717) is 0 Å². The zero-order chi connectivity index (χ0) is 10.8. The maximum absolute atomic E-state index is 11.9. The lowest BCUT2D eigenvalue weighted by atomic mass is 10.0. The summed E-state index contributed by atoms with van der Waals surface area (Å²) < 4.78 is -0.285. The van der Waals surface area contributed by atoms with Gasteiger partial charge in [0.05, 0.1) is 16.9 Å². The summed E-state index contributed by atoms with van der Waals surface area (Å²) in [5.41, 5.74) is -0.511. The smallest absolute Gasteiger partial charge is 0.236 e. The largest absolute Gasteiger partial charge is 0.394 e. The van der Waals surface area contributed by atoms with E-state index in [1.165, 1.54) is 0 Å². The van der Waals surface area contributed by atoms with Crippen LogP contribution in [0.25, 0.3) is 0 Å². The third kappa shape index (κ3) is 2.64. The molecule has 1 unspecified atom stereocenters. The molecular formula is C10H19NO2S. The first-order chi connectivity index (χ1) is 6.40. The molecule has 1 amide bonds.